The summed E-state index contributed by atoms with van der Waals surface area (Å²) in [5.74, 6) is 0.924. The Morgan fingerprint density at radius 1 is 1.26 bits per heavy atom. The Labute approximate surface area is 116 Å². The highest BCUT2D eigenvalue weighted by Gasteiger charge is 2.22. The molecule has 1 fully saturated rings. The first kappa shape index (κ1) is 14.2. The van der Waals surface area contributed by atoms with E-state index in [4.69, 9.17) is 10.5 Å². The van der Waals surface area contributed by atoms with Crippen LogP contribution in [0.2, 0.25) is 0 Å². The smallest absolute Gasteiger partial charge is 0.120 e. The minimum absolute atomic E-state index is 0.535. The number of ether oxygens (including phenoxy) is 1. The number of hydrogen-bond donors (Lipinski definition) is 1. The van der Waals surface area contributed by atoms with Crippen LogP contribution in [0.25, 0.3) is 0 Å². The Kier molecular flexibility index (Phi) is 5.05. The van der Waals surface area contributed by atoms with Gasteiger partial charge in [-0.1, -0.05) is 13.0 Å². The van der Waals surface area contributed by atoms with Crippen LogP contribution in [-0.2, 0) is 0 Å². The molecule has 0 bridgehead atoms. The second-order valence-corrected chi connectivity index (χ2v) is 5.02. The minimum atomic E-state index is 0.535. The molecule has 1 unspecified atom stereocenters. The van der Waals surface area contributed by atoms with Gasteiger partial charge in [0, 0.05) is 50.5 Å². The van der Waals surface area contributed by atoms with E-state index < -0.39 is 0 Å². The molecule has 0 radical (unpaired) electrons. The monoisotopic (exact) mass is 263 g/mol. The second kappa shape index (κ2) is 6.78. The molecule has 4 nitrogen and oxygen atoms in total. The van der Waals surface area contributed by atoms with Gasteiger partial charge in [0.05, 0.1) is 7.11 Å². The maximum absolute atomic E-state index is 5.83. The molecule has 1 aliphatic rings. The van der Waals surface area contributed by atoms with Gasteiger partial charge in [0.15, 0.2) is 0 Å². The molecule has 0 amide bonds. The molecule has 0 saturated carbocycles. The molecule has 106 valence electrons. The molecule has 1 atom stereocenters. The standard InChI is InChI=1S/C15H25N3O/c1-3-13(12-16)17-7-9-18(10-8-17)14-5-4-6-15(11-14)19-2/h4-6,11,13H,3,7-10,12,16H2,1-2H3. The van der Waals surface area contributed by atoms with Crippen molar-refractivity contribution in [2.75, 3.05) is 44.7 Å². The largest absolute Gasteiger partial charge is 0.497 e. The van der Waals surface area contributed by atoms with Crippen molar-refractivity contribution < 1.29 is 4.74 Å². The van der Waals surface area contributed by atoms with E-state index in [1.165, 1.54) is 5.69 Å². The van der Waals surface area contributed by atoms with Crippen molar-refractivity contribution >= 4 is 5.69 Å². The highest BCUT2D eigenvalue weighted by molar-refractivity contribution is 5.51. The van der Waals surface area contributed by atoms with Crippen molar-refractivity contribution in [2.24, 2.45) is 5.73 Å². The van der Waals surface area contributed by atoms with Crippen LogP contribution in [0.15, 0.2) is 24.3 Å². The van der Waals surface area contributed by atoms with Crippen molar-refractivity contribution in [3.05, 3.63) is 24.3 Å². The highest BCUT2D eigenvalue weighted by Crippen LogP contribution is 2.22. The lowest BCUT2D eigenvalue weighted by molar-refractivity contribution is 0.184. The van der Waals surface area contributed by atoms with E-state index in [2.05, 4.69) is 34.9 Å². The van der Waals surface area contributed by atoms with Gasteiger partial charge in [0.25, 0.3) is 0 Å². The quantitative estimate of drug-likeness (QED) is 0.875. The summed E-state index contributed by atoms with van der Waals surface area (Å²) in [6.45, 7) is 7.27. The molecular weight excluding hydrogens is 238 g/mol. The third kappa shape index (κ3) is 3.39. The lowest BCUT2D eigenvalue weighted by Crippen LogP contribution is -2.52. The zero-order valence-electron chi connectivity index (χ0n) is 12.0. The summed E-state index contributed by atoms with van der Waals surface area (Å²) >= 11 is 0. The third-order valence-electron chi connectivity index (χ3n) is 3.99. The van der Waals surface area contributed by atoms with Crippen molar-refractivity contribution in [3.63, 3.8) is 0 Å². The Hall–Kier alpha value is -1.26. The van der Waals surface area contributed by atoms with E-state index in [-0.39, 0.29) is 0 Å². The van der Waals surface area contributed by atoms with Crippen LogP contribution < -0.4 is 15.4 Å². The topological polar surface area (TPSA) is 41.7 Å². The van der Waals surface area contributed by atoms with Gasteiger partial charge in [-0.15, -0.1) is 0 Å². The molecule has 1 aromatic carbocycles. The number of hydrogen-bond acceptors (Lipinski definition) is 4. The van der Waals surface area contributed by atoms with Crippen molar-refractivity contribution in [3.8, 4) is 5.75 Å². The fourth-order valence-corrected chi connectivity index (χ4v) is 2.73. The summed E-state index contributed by atoms with van der Waals surface area (Å²) in [6, 6.07) is 8.83. The number of nitrogens with two attached hydrogens (primary N) is 1. The molecule has 1 saturated heterocycles. The van der Waals surface area contributed by atoms with E-state index in [1.54, 1.807) is 7.11 Å². The van der Waals surface area contributed by atoms with E-state index in [9.17, 15) is 0 Å². The molecule has 0 aliphatic carbocycles. The molecule has 0 aromatic heterocycles. The lowest BCUT2D eigenvalue weighted by atomic mass is 10.1. The first-order valence-corrected chi connectivity index (χ1v) is 7.11. The van der Waals surface area contributed by atoms with Crippen LogP contribution in [-0.4, -0.2) is 50.8 Å². The number of anilines is 1. The van der Waals surface area contributed by atoms with Crippen LogP contribution >= 0.6 is 0 Å². The highest BCUT2D eigenvalue weighted by atomic mass is 16.5. The van der Waals surface area contributed by atoms with Crippen LogP contribution in [0, 0.1) is 0 Å². The number of rotatable bonds is 5. The van der Waals surface area contributed by atoms with Crippen LogP contribution in [0.5, 0.6) is 5.75 Å². The third-order valence-corrected chi connectivity index (χ3v) is 3.99. The van der Waals surface area contributed by atoms with E-state index in [1.807, 2.05) is 6.07 Å². The summed E-state index contributed by atoms with van der Waals surface area (Å²) < 4.78 is 5.29. The predicted molar refractivity (Wildman–Crippen MR) is 79.9 cm³/mol. The Balaban J connectivity index is 1.95. The van der Waals surface area contributed by atoms with Crippen LogP contribution in [0.1, 0.15) is 13.3 Å². The molecular formula is C15H25N3O. The summed E-state index contributed by atoms with van der Waals surface area (Å²) in [5.41, 5.74) is 7.08. The second-order valence-electron chi connectivity index (χ2n) is 5.02. The molecule has 2 N–H and O–H groups in total. The fraction of sp³-hybridized carbons (Fsp3) is 0.600. The average molecular weight is 263 g/mol. The Morgan fingerprint density at radius 3 is 2.58 bits per heavy atom. The van der Waals surface area contributed by atoms with Gasteiger partial charge >= 0.3 is 0 Å². The molecule has 1 aliphatic heterocycles. The van der Waals surface area contributed by atoms with Crippen LogP contribution in [0.4, 0.5) is 5.69 Å². The number of piperazine rings is 1. The fourth-order valence-electron chi connectivity index (χ4n) is 2.73. The van der Waals surface area contributed by atoms with E-state index >= 15 is 0 Å². The van der Waals surface area contributed by atoms with Gasteiger partial charge in [-0.05, 0) is 18.6 Å². The lowest BCUT2D eigenvalue weighted by Gasteiger charge is -2.39. The molecule has 4 heteroatoms. The summed E-state index contributed by atoms with van der Waals surface area (Å²) in [7, 11) is 1.71. The van der Waals surface area contributed by atoms with E-state index in [0.29, 0.717) is 6.04 Å². The van der Waals surface area contributed by atoms with Gasteiger partial charge in [-0.25, -0.2) is 0 Å². The summed E-state index contributed by atoms with van der Waals surface area (Å²) in [4.78, 5) is 4.93. The normalized spacial score (nSPS) is 18.4. The number of methoxy groups -OCH3 is 1. The molecule has 1 heterocycles. The van der Waals surface area contributed by atoms with Gasteiger partial charge in [-0.2, -0.15) is 0 Å². The minimum Gasteiger partial charge on any atom is -0.497 e. The SMILES string of the molecule is CCC(CN)N1CCN(c2cccc(OC)c2)CC1. The van der Waals surface area contributed by atoms with Crippen LogP contribution in [0.3, 0.4) is 0 Å². The molecule has 1 aromatic rings. The Bertz CT molecular complexity index is 385. The number of nitrogens with zero attached hydrogens (tertiary/aromatic N) is 2. The molecule has 0 spiro atoms. The average Bonchev–Trinajstić information content (AvgIpc) is 2.49. The van der Waals surface area contributed by atoms with Gasteiger partial charge in [0.2, 0.25) is 0 Å². The maximum Gasteiger partial charge on any atom is 0.120 e. The van der Waals surface area contributed by atoms with Crippen molar-refractivity contribution in [1.82, 2.24) is 4.90 Å². The van der Waals surface area contributed by atoms with Gasteiger partial charge in [0.1, 0.15) is 5.75 Å². The summed E-state index contributed by atoms with van der Waals surface area (Å²) in [5, 5.41) is 0. The summed E-state index contributed by atoms with van der Waals surface area (Å²) in [6.07, 6.45) is 1.13. The first-order valence-electron chi connectivity index (χ1n) is 7.11. The van der Waals surface area contributed by atoms with Crippen molar-refractivity contribution in [1.29, 1.82) is 0 Å². The van der Waals surface area contributed by atoms with Crippen molar-refractivity contribution in [2.45, 2.75) is 19.4 Å². The maximum atomic E-state index is 5.83. The van der Waals surface area contributed by atoms with Gasteiger partial charge < -0.3 is 15.4 Å². The van der Waals surface area contributed by atoms with Gasteiger partial charge in [-0.3, -0.25) is 4.90 Å². The zero-order chi connectivity index (χ0) is 13.7. The molecule has 2 rings (SSSR count). The number of benzene rings is 1. The zero-order valence-corrected chi connectivity index (χ0v) is 12.0. The first-order chi connectivity index (χ1) is 9.28. The van der Waals surface area contributed by atoms with E-state index in [0.717, 1.165) is 44.9 Å². The molecule has 19 heavy (non-hydrogen) atoms. The predicted octanol–water partition coefficient (Wildman–Crippen LogP) is 1.55. The Morgan fingerprint density at radius 2 is 2.00 bits per heavy atom.